The van der Waals surface area contributed by atoms with Crippen LogP contribution in [-0.2, 0) is 4.79 Å². The maximum Gasteiger partial charge on any atom is 0.258 e. The van der Waals surface area contributed by atoms with Crippen LogP contribution in [0.5, 0.6) is 5.75 Å². The van der Waals surface area contributed by atoms with E-state index in [9.17, 15) is 4.79 Å². The van der Waals surface area contributed by atoms with Gasteiger partial charge >= 0.3 is 0 Å². The number of benzene rings is 2. The number of nitrogens with one attached hydrogen (secondary N) is 1. The number of rotatable bonds is 7. The normalized spacial score (nSPS) is 12.0. The highest BCUT2D eigenvalue weighted by Crippen LogP contribution is 2.22. The molecule has 0 aliphatic carbocycles. The zero-order valence-electron chi connectivity index (χ0n) is 15.0. The quantitative estimate of drug-likeness (QED) is 0.673. The van der Waals surface area contributed by atoms with Gasteiger partial charge in [-0.05, 0) is 41.3 Å². The molecule has 134 valence electrons. The minimum Gasteiger partial charge on any atom is -0.484 e. The number of carbonyl (C=O) groups excluding carboxylic acids is 1. The van der Waals surface area contributed by atoms with Crippen LogP contribution in [0.15, 0.2) is 77.4 Å². The lowest BCUT2D eigenvalue weighted by Gasteiger charge is -2.17. The summed E-state index contributed by atoms with van der Waals surface area (Å²) >= 11 is 0. The van der Waals surface area contributed by atoms with Gasteiger partial charge in [0.25, 0.3) is 5.91 Å². The summed E-state index contributed by atoms with van der Waals surface area (Å²) in [5, 5.41) is 2.98. The molecule has 1 heterocycles. The number of hydrogen-bond donors (Lipinski definition) is 1. The fraction of sp³-hybridized carbons (Fsp3) is 0.227. The zero-order valence-corrected chi connectivity index (χ0v) is 15.0. The molecule has 1 atom stereocenters. The van der Waals surface area contributed by atoms with E-state index in [1.165, 1.54) is 5.56 Å². The van der Waals surface area contributed by atoms with Crippen LogP contribution >= 0.6 is 0 Å². The third kappa shape index (κ3) is 4.54. The van der Waals surface area contributed by atoms with E-state index in [1.54, 1.807) is 6.26 Å². The van der Waals surface area contributed by atoms with Crippen molar-refractivity contribution in [1.82, 2.24) is 5.32 Å². The van der Waals surface area contributed by atoms with Crippen molar-refractivity contribution in [2.75, 3.05) is 6.61 Å². The SMILES string of the molecule is CC(C)c1ccc(OCC(=O)NC(c2ccccc2)c2ccco2)cc1. The van der Waals surface area contributed by atoms with Crippen molar-refractivity contribution in [2.24, 2.45) is 0 Å². The van der Waals surface area contributed by atoms with Gasteiger partial charge in [0.05, 0.1) is 6.26 Å². The third-order valence-electron chi connectivity index (χ3n) is 4.18. The highest BCUT2D eigenvalue weighted by Gasteiger charge is 2.19. The number of furan rings is 1. The van der Waals surface area contributed by atoms with Crippen molar-refractivity contribution in [3.8, 4) is 5.75 Å². The van der Waals surface area contributed by atoms with Crippen LogP contribution in [0, 0.1) is 0 Å². The molecular weight excluding hydrogens is 326 g/mol. The summed E-state index contributed by atoms with van der Waals surface area (Å²) in [6.45, 7) is 4.23. The first-order valence-electron chi connectivity index (χ1n) is 8.74. The van der Waals surface area contributed by atoms with Gasteiger partial charge in [-0.15, -0.1) is 0 Å². The maximum atomic E-state index is 12.4. The van der Waals surface area contributed by atoms with E-state index in [-0.39, 0.29) is 18.6 Å². The van der Waals surface area contributed by atoms with Gasteiger partial charge in [-0.1, -0.05) is 56.3 Å². The van der Waals surface area contributed by atoms with E-state index in [2.05, 4.69) is 19.2 Å². The largest absolute Gasteiger partial charge is 0.484 e. The van der Waals surface area contributed by atoms with Crippen molar-refractivity contribution >= 4 is 5.91 Å². The Bertz CT molecular complexity index is 808. The van der Waals surface area contributed by atoms with Crippen LogP contribution in [0.25, 0.3) is 0 Å². The predicted molar refractivity (Wildman–Crippen MR) is 101 cm³/mol. The maximum absolute atomic E-state index is 12.4. The third-order valence-corrected chi connectivity index (χ3v) is 4.18. The predicted octanol–water partition coefficient (Wildman–Crippen LogP) is 4.69. The highest BCUT2D eigenvalue weighted by molar-refractivity contribution is 5.78. The molecule has 4 nitrogen and oxygen atoms in total. The molecule has 0 aliphatic rings. The van der Waals surface area contributed by atoms with Gasteiger partial charge in [0.15, 0.2) is 6.61 Å². The van der Waals surface area contributed by atoms with Crippen LogP contribution in [0.3, 0.4) is 0 Å². The average Bonchev–Trinajstić information content (AvgIpc) is 3.20. The number of amides is 1. The molecule has 3 aromatic rings. The molecule has 2 aromatic carbocycles. The van der Waals surface area contributed by atoms with Gasteiger partial charge in [-0.3, -0.25) is 4.79 Å². The standard InChI is InChI=1S/C22H23NO3/c1-16(2)17-10-12-19(13-11-17)26-15-21(24)23-22(20-9-6-14-25-20)18-7-4-3-5-8-18/h3-14,16,22H,15H2,1-2H3,(H,23,24). The zero-order chi connectivity index (χ0) is 18.4. The minimum atomic E-state index is -0.342. The summed E-state index contributed by atoms with van der Waals surface area (Å²) < 4.78 is 11.1. The summed E-state index contributed by atoms with van der Waals surface area (Å²) in [6, 6.07) is 20.9. The van der Waals surface area contributed by atoms with E-state index in [0.29, 0.717) is 17.4 Å². The van der Waals surface area contributed by atoms with Gasteiger partial charge in [0.2, 0.25) is 0 Å². The molecule has 0 bridgehead atoms. The molecule has 0 saturated heterocycles. The smallest absolute Gasteiger partial charge is 0.258 e. The highest BCUT2D eigenvalue weighted by atomic mass is 16.5. The van der Waals surface area contributed by atoms with E-state index < -0.39 is 0 Å². The lowest BCUT2D eigenvalue weighted by atomic mass is 10.0. The number of hydrogen-bond acceptors (Lipinski definition) is 3. The molecular formula is C22H23NO3. The molecule has 3 rings (SSSR count). The van der Waals surface area contributed by atoms with Crippen molar-refractivity contribution in [3.05, 3.63) is 89.9 Å². The topological polar surface area (TPSA) is 51.5 Å². The lowest BCUT2D eigenvalue weighted by molar-refractivity contribution is -0.123. The lowest BCUT2D eigenvalue weighted by Crippen LogP contribution is -2.33. The Kier molecular flexibility index (Phi) is 5.74. The Morgan fingerprint density at radius 1 is 0.962 bits per heavy atom. The van der Waals surface area contributed by atoms with Gasteiger partial charge in [-0.25, -0.2) is 0 Å². The molecule has 1 N–H and O–H groups in total. The van der Waals surface area contributed by atoms with Crippen LogP contribution in [0.2, 0.25) is 0 Å². The van der Waals surface area contributed by atoms with E-state index in [4.69, 9.17) is 9.15 Å². The van der Waals surface area contributed by atoms with Crippen molar-refractivity contribution in [3.63, 3.8) is 0 Å². The van der Waals surface area contributed by atoms with E-state index >= 15 is 0 Å². The Balaban J connectivity index is 1.63. The summed E-state index contributed by atoms with van der Waals surface area (Å²) in [5.74, 6) is 1.63. The minimum absolute atomic E-state index is 0.0505. The summed E-state index contributed by atoms with van der Waals surface area (Å²) in [6.07, 6.45) is 1.60. The Hall–Kier alpha value is -3.01. The first kappa shape index (κ1) is 17.8. The number of ether oxygens (including phenoxy) is 1. The fourth-order valence-corrected chi connectivity index (χ4v) is 2.72. The molecule has 1 amide bonds. The van der Waals surface area contributed by atoms with Crippen LogP contribution in [-0.4, -0.2) is 12.5 Å². The number of carbonyl (C=O) groups is 1. The van der Waals surface area contributed by atoms with E-state index in [1.807, 2.05) is 66.7 Å². The molecule has 1 unspecified atom stereocenters. The second-order valence-electron chi connectivity index (χ2n) is 6.44. The second kappa shape index (κ2) is 8.39. The Morgan fingerprint density at radius 3 is 2.31 bits per heavy atom. The van der Waals surface area contributed by atoms with Gasteiger partial charge in [0.1, 0.15) is 17.6 Å². The molecule has 4 heteroatoms. The summed E-state index contributed by atoms with van der Waals surface area (Å²) in [4.78, 5) is 12.4. The Morgan fingerprint density at radius 2 is 1.69 bits per heavy atom. The molecule has 0 fully saturated rings. The molecule has 0 radical (unpaired) electrons. The van der Waals surface area contributed by atoms with Crippen molar-refractivity contribution < 1.29 is 13.9 Å². The van der Waals surface area contributed by atoms with Crippen LogP contribution in [0.1, 0.15) is 42.7 Å². The first-order chi connectivity index (χ1) is 12.6. The van der Waals surface area contributed by atoms with Crippen molar-refractivity contribution in [1.29, 1.82) is 0 Å². The van der Waals surface area contributed by atoms with Crippen LogP contribution < -0.4 is 10.1 Å². The molecule has 26 heavy (non-hydrogen) atoms. The summed E-state index contributed by atoms with van der Waals surface area (Å²) in [7, 11) is 0. The molecule has 0 saturated carbocycles. The Labute approximate surface area is 153 Å². The van der Waals surface area contributed by atoms with E-state index in [0.717, 1.165) is 5.56 Å². The first-order valence-corrected chi connectivity index (χ1v) is 8.74. The summed E-state index contributed by atoms with van der Waals surface area (Å²) in [5.41, 5.74) is 2.20. The van der Waals surface area contributed by atoms with Gasteiger partial charge in [0, 0.05) is 0 Å². The molecule has 0 aliphatic heterocycles. The van der Waals surface area contributed by atoms with Gasteiger partial charge < -0.3 is 14.5 Å². The average molecular weight is 349 g/mol. The molecule has 1 aromatic heterocycles. The second-order valence-corrected chi connectivity index (χ2v) is 6.44. The fourth-order valence-electron chi connectivity index (χ4n) is 2.72. The molecule has 0 spiro atoms. The van der Waals surface area contributed by atoms with Crippen molar-refractivity contribution in [2.45, 2.75) is 25.8 Å². The van der Waals surface area contributed by atoms with Crippen LogP contribution in [0.4, 0.5) is 0 Å². The monoisotopic (exact) mass is 349 g/mol. The van der Waals surface area contributed by atoms with Gasteiger partial charge in [-0.2, -0.15) is 0 Å².